The lowest BCUT2D eigenvalue weighted by Gasteiger charge is -2.34. The minimum atomic E-state index is -4.51. The van der Waals surface area contributed by atoms with E-state index in [9.17, 15) is 22.8 Å². The molecule has 1 aliphatic heterocycles. The van der Waals surface area contributed by atoms with Crippen molar-refractivity contribution in [3.63, 3.8) is 0 Å². The fraction of sp³-hybridized carbons (Fsp3) is 0.444. The molecule has 1 unspecified atom stereocenters. The first kappa shape index (κ1) is 22.1. The van der Waals surface area contributed by atoms with Gasteiger partial charge in [0, 0.05) is 56.2 Å². The highest BCUT2D eigenvalue weighted by Crippen LogP contribution is 2.28. The number of hydrogen-bond donors (Lipinski definition) is 0. The summed E-state index contributed by atoms with van der Waals surface area (Å²) in [6, 6.07) is 2.55. The largest absolute Gasteiger partial charge is 0.419 e. The van der Waals surface area contributed by atoms with E-state index < -0.39 is 29.2 Å². The normalized spacial score (nSPS) is 15.4. The zero-order chi connectivity index (χ0) is 22.6. The fourth-order valence-corrected chi connectivity index (χ4v) is 3.16. The van der Waals surface area contributed by atoms with Crippen LogP contribution < -0.4 is 10.5 Å². The lowest BCUT2D eigenvalue weighted by atomic mass is 10.2. The molecular weight excluding hydrogens is 417 g/mol. The third-order valence-electron chi connectivity index (χ3n) is 4.78. The van der Waals surface area contributed by atoms with Crippen LogP contribution in [0, 0.1) is 0 Å². The number of rotatable bonds is 5. The average molecular weight is 436 g/mol. The molecule has 0 aromatic carbocycles. The van der Waals surface area contributed by atoms with E-state index in [0.29, 0.717) is 13.1 Å². The number of halogens is 3. The number of amides is 1. The molecule has 1 saturated heterocycles. The molecule has 13 heteroatoms. The van der Waals surface area contributed by atoms with E-state index in [1.54, 1.807) is 17.9 Å². The Hall–Kier alpha value is -3.60. The molecule has 0 spiro atoms. The number of azide groups is 1. The maximum Gasteiger partial charge on any atom is 0.419 e. The van der Waals surface area contributed by atoms with Gasteiger partial charge in [-0.15, -0.1) is 0 Å². The van der Waals surface area contributed by atoms with Crippen molar-refractivity contribution in [3.05, 3.63) is 62.6 Å². The van der Waals surface area contributed by atoms with Gasteiger partial charge in [-0.05, 0) is 17.7 Å². The van der Waals surface area contributed by atoms with Gasteiger partial charge in [0.15, 0.2) is 0 Å². The van der Waals surface area contributed by atoms with E-state index in [-0.39, 0.29) is 31.1 Å². The minimum absolute atomic E-state index is 0.00475. The Morgan fingerprint density at radius 1 is 1.26 bits per heavy atom. The molecule has 1 amide bonds. The van der Waals surface area contributed by atoms with Gasteiger partial charge < -0.3 is 14.4 Å². The summed E-state index contributed by atoms with van der Waals surface area (Å²) in [7, 11) is 0. The van der Waals surface area contributed by atoms with Gasteiger partial charge in [-0.25, -0.2) is 9.97 Å². The van der Waals surface area contributed by atoms with E-state index in [0.717, 1.165) is 12.4 Å². The molecule has 0 bridgehead atoms. The van der Waals surface area contributed by atoms with Crippen LogP contribution in [-0.4, -0.2) is 57.6 Å². The molecule has 31 heavy (non-hydrogen) atoms. The summed E-state index contributed by atoms with van der Waals surface area (Å²) in [6.07, 6.45) is -1.54. The molecule has 1 aliphatic rings. The average Bonchev–Trinajstić information content (AvgIpc) is 2.74. The van der Waals surface area contributed by atoms with E-state index >= 15 is 0 Å². The van der Waals surface area contributed by atoms with E-state index in [4.69, 9.17) is 5.53 Å². The summed E-state index contributed by atoms with van der Waals surface area (Å²) in [5, 5.41) is 3.53. The first-order valence-corrected chi connectivity index (χ1v) is 9.38. The number of anilines is 1. The fourth-order valence-electron chi connectivity index (χ4n) is 3.16. The van der Waals surface area contributed by atoms with Gasteiger partial charge in [-0.3, -0.25) is 9.59 Å². The third kappa shape index (κ3) is 5.12. The Kier molecular flexibility index (Phi) is 6.44. The Morgan fingerprint density at radius 3 is 2.48 bits per heavy atom. The minimum Gasteiger partial charge on any atom is -0.337 e. The van der Waals surface area contributed by atoms with Crippen LogP contribution in [0.25, 0.3) is 10.4 Å². The van der Waals surface area contributed by atoms with Crippen LogP contribution in [0.15, 0.2) is 40.6 Å². The molecule has 0 saturated carbocycles. The maximum atomic E-state index is 12.8. The monoisotopic (exact) mass is 436 g/mol. The lowest BCUT2D eigenvalue weighted by Crippen LogP contribution is -2.50. The lowest BCUT2D eigenvalue weighted by molar-refractivity contribution is -0.138. The van der Waals surface area contributed by atoms with Crippen molar-refractivity contribution in [1.82, 2.24) is 19.4 Å². The topological polar surface area (TPSA) is 120 Å². The molecule has 3 rings (SSSR count). The SMILES string of the molecule is CC(Cn1cccc(C(=O)N2CCN(c3ncc(C(F)(F)F)cn3)CC2)c1=O)N=[N+]=[N-]. The second-order valence-electron chi connectivity index (χ2n) is 6.98. The summed E-state index contributed by atoms with van der Waals surface area (Å²) in [6.45, 7) is 2.93. The van der Waals surface area contributed by atoms with Crippen molar-refractivity contribution in [2.75, 3.05) is 31.1 Å². The highest BCUT2D eigenvalue weighted by Gasteiger charge is 2.32. The molecule has 0 radical (unpaired) electrons. The van der Waals surface area contributed by atoms with Gasteiger partial charge in [0.1, 0.15) is 5.56 Å². The van der Waals surface area contributed by atoms with Crippen LogP contribution in [0.1, 0.15) is 22.8 Å². The Balaban J connectivity index is 1.67. The first-order chi connectivity index (χ1) is 14.7. The number of nitrogens with zero attached hydrogens (tertiary/aromatic N) is 8. The molecule has 0 aliphatic carbocycles. The molecule has 1 atom stereocenters. The number of alkyl halides is 3. The van der Waals surface area contributed by atoms with Crippen molar-refractivity contribution < 1.29 is 18.0 Å². The number of pyridine rings is 1. The Morgan fingerprint density at radius 2 is 1.90 bits per heavy atom. The van der Waals surface area contributed by atoms with Gasteiger partial charge >= 0.3 is 6.18 Å². The molecular formula is C18H19F3N8O2. The van der Waals surface area contributed by atoms with Crippen molar-refractivity contribution in [1.29, 1.82) is 0 Å². The predicted octanol–water partition coefficient (Wildman–Crippen LogP) is 2.32. The van der Waals surface area contributed by atoms with Crippen molar-refractivity contribution in [3.8, 4) is 0 Å². The smallest absolute Gasteiger partial charge is 0.337 e. The second kappa shape index (κ2) is 9.04. The van der Waals surface area contributed by atoms with Gasteiger partial charge in [-0.2, -0.15) is 13.2 Å². The molecule has 2 aromatic heterocycles. The summed E-state index contributed by atoms with van der Waals surface area (Å²) in [5.41, 5.74) is 7.08. The summed E-state index contributed by atoms with van der Waals surface area (Å²) < 4.78 is 39.3. The zero-order valence-corrected chi connectivity index (χ0v) is 16.5. The molecule has 0 N–H and O–H groups in total. The number of piperazine rings is 1. The van der Waals surface area contributed by atoms with Crippen LogP contribution in [0.4, 0.5) is 19.1 Å². The Bertz CT molecular complexity index is 1040. The summed E-state index contributed by atoms with van der Waals surface area (Å²) >= 11 is 0. The van der Waals surface area contributed by atoms with Crippen LogP contribution in [0.2, 0.25) is 0 Å². The summed E-state index contributed by atoms with van der Waals surface area (Å²) in [5.74, 6) is -0.294. The van der Waals surface area contributed by atoms with Crippen molar-refractivity contribution >= 4 is 11.9 Å². The second-order valence-corrected chi connectivity index (χ2v) is 6.98. The number of carbonyl (C=O) groups excluding carboxylic acids is 1. The van der Waals surface area contributed by atoms with Crippen LogP contribution in [0.5, 0.6) is 0 Å². The summed E-state index contributed by atoms with van der Waals surface area (Å²) in [4.78, 5) is 38.9. The van der Waals surface area contributed by atoms with Crippen LogP contribution in [0.3, 0.4) is 0 Å². The molecule has 10 nitrogen and oxygen atoms in total. The van der Waals surface area contributed by atoms with Crippen LogP contribution >= 0.6 is 0 Å². The van der Waals surface area contributed by atoms with Crippen molar-refractivity contribution in [2.24, 2.45) is 5.11 Å². The standard InChI is InChI=1S/C18H19F3N8O2/c1-12(25-26-22)11-29-4-2-3-14(16(29)31)15(30)27-5-7-28(8-6-27)17-23-9-13(10-24-17)18(19,20)21/h2-4,9-10,12H,5-8,11H2,1H3. The van der Waals surface area contributed by atoms with Crippen LogP contribution in [-0.2, 0) is 12.7 Å². The van der Waals surface area contributed by atoms with E-state index in [1.807, 2.05) is 0 Å². The molecule has 164 valence electrons. The zero-order valence-electron chi connectivity index (χ0n) is 16.5. The van der Waals surface area contributed by atoms with Crippen molar-refractivity contribution in [2.45, 2.75) is 25.7 Å². The van der Waals surface area contributed by atoms with Gasteiger partial charge in [0.25, 0.3) is 11.5 Å². The van der Waals surface area contributed by atoms with E-state index in [2.05, 4.69) is 20.0 Å². The Labute approximate surface area is 174 Å². The molecule has 3 heterocycles. The van der Waals surface area contributed by atoms with Gasteiger partial charge in [0.05, 0.1) is 11.6 Å². The van der Waals surface area contributed by atoms with Gasteiger partial charge in [-0.1, -0.05) is 12.0 Å². The number of aromatic nitrogens is 3. The maximum absolute atomic E-state index is 12.8. The van der Waals surface area contributed by atoms with E-state index in [1.165, 1.54) is 21.7 Å². The van der Waals surface area contributed by atoms with Gasteiger partial charge in [0.2, 0.25) is 5.95 Å². The highest BCUT2D eigenvalue weighted by molar-refractivity contribution is 5.94. The number of carbonyl (C=O) groups is 1. The molecule has 1 fully saturated rings. The predicted molar refractivity (Wildman–Crippen MR) is 104 cm³/mol. The third-order valence-corrected chi connectivity index (χ3v) is 4.78. The highest BCUT2D eigenvalue weighted by atomic mass is 19.4. The quantitative estimate of drug-likeness (QED) is 0.405. The molecule has 2 aromatic rings. The number of hydrogen-bond acceptors (Lipinski definition) is 6. The first-order valence-electron chi connectivity index (χ1n) is 9.38.